The Balaban J connectivity index is 1.45. The number of phenols is 1. The number of aromatic hydroxyl groups is 1. The van der Waals surface area contributed by atoms with Crippen LogP contribution in [0.4, 0.5) is 5.82 Å². The van der Waals surface area contributed by atoms with Gasteiger partial charge in [0.25, 0.3) is 0 Å². The molecular weight excluding hydrogens is 316 g/mol. The van der Waals surface area contributed by atoms with E-state index in [1.54, 1.807) is 36.7 Å². The van der Waals surface area contributed by atoms with Gasteiger partial charge in [-0.2, -0.15) is 0 Å². The van der Waals surface area contributed by atoms with E-state index in [2.05, 4.69) is 19.9 Å². The minimum Gasteiger partial charge on any atom is -0.508 e. The van der Waals surface area contributed by atoms with Crippen LogP contribution in [0, 0.1) is 5.92 Å². The zero-order valence-electron chi connectivity index (χ0n) is 13.7. The van der Waals surface area contributed by atoms with Gasteiger partial charge in [-0.3, -0.25) is 9.78 Å². The van der Waals surface area contributed by atoms with Crippen LogP contribution in [0.5, 0.6) is 5.75 Å². The lowest BCUT2D eigenvalue weighted by atomic mass is 9.89. The van der Waals surface area contributed by atoms with Crippen molar-refractivity contribution in [2.24, 2.45) is 5.92 Å². The van der Waals surface area contributed by atoms with Crippen molar-refractivity contribution in [2.45, 2.75) is 12.8 Å². The van der Waals surface area contributed by atoms with Crippen molar-refractivity contribution < 1.29 is 9.90 Å². The first-order valence-corrected chi connectivity index (χ1v) is 8.37. The Morgan fingerprint density at radius 1 is 1.00 bits per heavy atom. The normalized spacial score (nSPS) is 15.4. The summed E-state index contributed by atoms with van der Waals surface area (Å²) >= 11 is 0. The topological polar surface area (TPSA) is 79.2 Å². The highest BCUT2D eigenvalue weighted by Gasteiger charge is 2.26. The number of carbonyl (C=O) groups is 1. The minimum atomic E-state index is 0.0149. The Morgan fingerprint density at radius 2 is 1.72 bits per heavy atom. The third-order valence-corrected chi connectivity index (χ3v) is 4.66. The number of hydrogen-bond acceptors (Lipinski definition) is 6. The first-order valence-electron chi connectivity index (χ1n) is 8.37. The summed E-state index contributed by atoms with van der Waals surface area (Å²) in [6, 6.07) is 10.4. The Labute approximate surface area is 145 Å². The second-order valence-corrected chi connectivity index (χ2v) is 6.24. The molecule has 1 aliphatic rings. The molecule has 1 fully saturated rings. The van der Waals surface area contributed by atoms with Crippen LogP contribution in [0.25, 0.3) is 11.2 Å². The molecule has 1 aliphatic heterocycles. The van der Waals surface area contributed by atoms with Gasteiger partial charge in [0, 0.05) is 37.0 Å². The van der Waals surface area contributed by atoms with Gasteiger partial charge in [0.15, 0.2) is 11.4 Å². The second-order valence-electron chi connectivity index (χ2n) is 6.24. The number of hydrogen-bond donors (Lipinski definition) is 1. The van der Waals surface area contributed by atoms with Gasteiger partial charge >= 0.3 is 0 Å². The second kappa shape index (κ2) is 6.47. The molecule has 1 N–H and O–H groups in total. The Morgan fingerprint density at radius 3 is 2.48 bits per heavy atom. The van der Waals surface area contributed by atoms with Gasteiger partial charge in [-0.25, -0.2) is 9.97 Å². The molecule has 1 aromatic carbocycles. The Bertz CT molecular complexity index is 903. The average molecular weight is 334 g/mol. The van der Waals surface area contributed by atoms with Crippen LogP contribution in [0.1, 0.15) is 23.2 Å². The zero-order chi connectivity index (χ0) is 17.2. The summed E-state index contributed by atoms with van der Waals surface area (Å²) in [6.45, 7) is 1.57. The van der Waals surface area contributed by atoms with Crippen molar-refractivity contribution in [2.75, 3.05) is 18.0 Å². The molecule has 6 nitrogen and oxygen atoms in total. The summed E-state index contributed by atoms with van der Waals surface area (Å²) in [6.07, 6.45) is 4.88. The number of pyridine rings is 1. The Hall–Kier alpha value is -3.02. The molecule has 6 heteroatoms. The van der Waals surface area contributed by atoms with Gasteiger partial charge < -0.3 is 10.0 Å². The SMILES string of the molecule is O=C(c1ccc(O)cc1)C1CCN(c2ccc3nccnc3n2)CC1. The molecule has 0 bridgehead atoms. The summed E-state index contributed by atoms with van der Waals surface area (Å²) < 4.78 is 0. The van der Waals surface area contributed by atoms with Gasteiger partial charge in [0.2, 0.25) is 0 Å². The molecule has 0 unspecified atom stereocenters. The lowest BCUT2D eigenvalue weighted by Crippen LogP contribution is -2.36. The smallest absolute Gasteiger partial charge is 0.180 e. The number of rotatable bonds is 3. The monoisotopic (exact) mass is 334 g/mol. The van der Waals surface area contributed by atoms with E-state index in [1.165, 1.54) is 0 Å². The number of anilines is 1. The number of benzene rings is 1. The van der Waals surface area contributed by atoms with Crippen molar-refractivity contribution in [1.82, 2.24) is 15.0 Å². The van der Waals surface area contributed by atoms with E-state index in [4.69, 9.17) is 0 Å². The molecule has 0 aliphatic carbocycles. The standard InChI is InChI=1S/C19H18N4O2/c24-15-3-1-13(2-4-15)18(25)14-7-11-23(12-8-14)17-6-5-16-19(22-17)21-10-9-20-16/h1-6,9-10,14,24H,7-8,11-12H2. The molecule has 25 heavy (non-hydrogen) atoms. The molecule has 0 radical (unpaired) electrons. The molecule has 2 aromatic heterocycles. The van der Waals surface area contributed by atoms with E-state index in [0.717, 1.165) is 37.3 Å². The molecule has 0 spiro atoms. The van der Waals surface area contributed by atoms with Crippen molar-refractivity contribution in [3.8, 4) is 5.75 Å². The predicted molar refractivity (Wildman–Crippen MR) is 94.7 cm³/mol. The molecule has 0 amide bonds. The van der Waals surface area contributed by atoms with E-state index >= 15 is 0 Å². The number of piperidine rings is 1. The lowest BCUT2D eigenvalue weighted by molar-refractivity contribution is 0.0900. The maximum Gasteiger partial charge on any atom is 0.180 e. The summed E-state index contributed by atoms with van der Waals surface area (Å²) in [5.74, 6) is 1.22. The zero-order valence-corrected chi connectivity index (χ0v) is 13.7. The first-order chi connectivity index (χ1) is 12.2. The maximum absolute atomic E-state index is 12.6. The van der Waals surface area contributed by atoms with Crippen LogP contribution >= 0.6 is 0 Å². The molecule has 0 saturated carbocycles. The fourth-order valence-electron chi connectivity index (χ4n) is 3.25. The van der Waals surface area contributed by atoms with Gasteiger partial charge in [0.1, 0.15) is 17.1 Å². The number of aromatic nitrogens is 3. The Kier molecular flexibility index (Phi) is 4.01. The van der Waals surface area contributed by atoms with Gasteiger partial charge in [-0.05, 0) is 49.2 Å². The molecule has 0 atom stereocenters. The number of nitrogens with zero attached hydrogens (tertiary/aromatic N) is 4. The van der Waals surface area contributed by atoms with Crippen LogP contribution < -0.4 is 4.90 Å². The average Bonchev–Trinajstić information content (AvgIpc) is 2.68. The van der Waals surface area contributed by atoms with Crippen molar-refractivity contribution in [3.63, 3.8) is 0 Å². The maximum atomic E-state index is 12.6. The molecular formula is C19H18N4O2. The van der Waals surface area contributed by atoms with E-state index in [0.29, 0.717) is 11.2 Å². The van der Waals surface area contributed by atoms with Crippen LogP contribution in [-0.4, -0.2) is 38.9 Å². The third-order valence-electron chi connectivity index (χ3n) is 4.66. The van der Waals surface area contributed by atoms with E-state index in [1.807, 2.05) is 12.1 Å². The molecule has 3 heterocycles. The highest BCUT2D eigenvalue weighted by Crippen LogP contribution is 2.26. The van der Waals surface area contributed by atoms with E-state index in [9.17, 15) is 9.90 Å². The lowest BCUT2D eigenvalue weighted by Gasteiger charge is -2.32. The summed E-state index contributed by atoms with van der Waals surface area (Å²) in [4.78, 5) is 27.8. The number of ketones is 1. The number of fused-ring (bicyclic) bond motifs is 1. The molecule has 4 rings (SSSR count). The fraction of sp³-hybridized carbons (Fsp3) is 0.263. The van der Waals surface area contributed by atoms with Gasteiger partial charge in [-0.15, -0.1) is 0 Å². The van der Waals surface area contributed by atoms with Crippen molar-refractivity contribution in [1.29, 1.82) is 0 Å². The van der Waals surface area contributed by atoms with Crippen LogP contribution in [0.2, 0.25) is 0 Å². The summed E-state index contributed by atoms with van der Waals surface area (Å²) in [5.41, 5.74) is 2.08. The third kappa shape index (κ3) is 3.15. The predicted octanol–water partition coefficient (Wildman–Crippen LogP) is 2.83. The van der Waals surface area contributed by atoms with Crippen LogP contribution in [0.3, 0.4) is 0 Å². The van der Waals surface area contributed by atoms with Crippen molar-refractivity contribution >= 4 is 22.8 Å². The highest BCUT2D eigenvalue weighted by molar-refractivity contribution is 5.98. The summed E-state index contributed by atoms with van der Waals surface area (Å²) in [7, 11) is 0. The van der Waals surface area contributed by atoms with Crippen LogP contribution in [-0.2, 0) is 0 Å². The first kappa shape index (κ1) is 15.5. The summed E-state index contributed by atoms with van der Waals surface area (Å²) in [5, 5.41) is 9.35. The van der Waals surface area contributed by atoms with Crippen LogP contribution in [0.15, 0.2) is 48.8 Å². The van der Waals surface area contributed by atoms with E-state index in [-0.39, 0.29) is 17.5 Å². The quantitative estimate of drug-likeness (QED) is 0.742. The van der Waals surface area contributed by atoms with Gasteiger partial charge in [0.05, 0.1) is 0 Å². The number of carbonyl (C=O) groups excluding carboxylic acids is 1. The van der Waals surface area contributed by atoms with Crippen molar-refractivity contribution in [3.05, 3.63) is 54.4 Å². The van der Waals surface area contributed by atoms with Gasteiger partial charge in [-0.1, -0.05) is 0 Å². The van der Waals surface area contributed by atoms with E-state index < -0.39 is 0 Å². The molecule has 3 aromatic rings. The minimum absolute atomic E-state index is 0.0149. The number of Topliss-reactive ketones (excluding diaryl/α,β-unsaturated/α-hetero) is 1. The highest BCUT2D eigenvalue weighted by atomic mass is 16.3. The largest absolute Gasteiger partial charge is 0.508 e. The molecule has 1 saturated heterocycles. The number of phenolic OH excluding ortho intramolecular Hbond substituents is 1. The molecule has 126 valence electrons. The fourth-order valence-corrected chi connectivity index (χ4v) is 3.25.